The Morgan fingerprint density at radius 1 is 1.41 bits per heavy atom. The van der Waals surface area contributed by atoms with Crippen molar-refractivity contribution in [3.63, 3.8) is 0 Å². The molecule has 130 valence electrons. The van der Waals surface area contributed by atoms with Gasteiger partial charge in [-0.25, -0.2) is 4.79 Å². The van der Waals surface area contributed by atoms with Crippen LogP contribution in [-0.2, 0) is 10.8 Å². The fourth-order valence-electron chi connectivity index (χ4n) is 2.51. The van der Waals surface area contributed by atoms with Gasteiger partial charge in [0, 0.05) is 29.6 Å². The molecule has 0 heterocycles. The summed E-state index contributed by atoms with van der Waals surface area (Å²) in [6.07, 6.45) is -4.11. The molecule has 5 nitrogen and oxygen atoms in total. The Labute approximate surface area is 130 Å². The maximum atomic E-state index is 12.3. The van der Waals surface area contributed by atoms with E-state index in [9.17, 15) is 22.2 Å². The first-order valence-corrected chi connectivity index (χ1v) is 8.68. The summed E-state index contributed by atoms with van der Waals surface area (Å²) in [5, 5.41) is 11.5. The molecule has 1 rings (SSSR count). The highest BCUT2D eigenvalue weighted by Gasteiger charge is 2.40. The van der Waals surface area contributed by atoms with Gasteiger partial charge in [-0.05, 0) is 12.8 Å². The fraction of sp³-hybridized carbons (Fsp3) is 0.923. The van der Waals surface area contributed by atoms with E-state index in [4.69, 9.17) is 5.11 Å². The zero-order valence-electron chi connectivity index (χ0n) is 12.7. The first-order valence-electron chi connectivity index (χ1n) is 7.30. The zero-order chi connectivity index (χ0) is 16.9. The average molecular weight is 344 g/mol. The molecule has 0 spiro atoms. The quantitative estimate of drug-likeness (QED) is 0.796. The molecule has 9 heteroatoms. The van der Waals surface area contributed by atoms with Gasteiger partial charge >= 0.3 is 12.2 Å². The first-order chi connectivity index (χ1) is 10.2. The van der Waals surface area contributed by atoms with Gasteiger partial charge < -0.3 is 15.3 Å². The number of carbonyl (C=O) groups excluding carboxylic acids is 1. The van der Waals surface area contributed by atoms with Crippen LogP contribution in [0.15, 0.2) is 0 Å². The van der Waals surface area contributed by atoms with Crippen LogP contribution in [0, 0.1) is 0 Å². The topological polar surface area (TPSA) is 69.6 Å². The van der Waals surface area contributed by atoms with Gasteiger partial charge in [-0.1, -0.05) is 19.8 Å². The Kier molecular flexibility index (Phi) is 7.11. The van der Waals surface area contributed by atoms with E-state index in [2.05, 4.69) is 5.32 Å². The molecule has 2 N–H and O–H groups in total. The number of nitrogens with one attached hydrogen (secondary N) is 1. The molecule has 0 aromatic rings. The summed E-state index contributed by atoms with van der Waals surface area (Å²) in [5.41, 5.74) is 0. The van der Waals surface area contributed by atoms with E-state index in [0.29, 0.717) is 12.2 Å². The number of hydrogen-bond acceptors (Lipinski definition) is 3. The van der Waals surface area contributed by atoms with Crippen molar-refractivity contribution in [3.8, 4) is 0 Å². The van der Waals surface area contributed by atoms with Crippen molar-refractivity contribution in [3.05, 3.63) is 0 Å². The summed E-state index contributed by atoms with van der Waals surface area (Å²) in [4.78, 5) is 12.8. The molecule has 1 aliphatic rings. The highest BCUT2D eigenvalue weighted by atomic mass is 32.2. The molecule has 0 aromatic carbocycles. The molecular formula is C13H23F3N2O3S. The summed E-state index contributed by atoms with van der Waals surface area (Å²) in [6.45, 7) is 0.971. The molecule has 22 heavy (non-hydrogen) atoms. The van der Waals surface area contributed by atoms with Gasteiger partial charge in [-0.2, -0.15) is 13.2 Å². The summed E-state index contributed by atoms with van der Waals surface area (Å²) in [7, 11) is 0.133. The standard InChI is InChI=1S/C13H23F3N2O3S/c1-3-22(21)10-7-5-4-6-9(10)17-12(20)18(2)8-11(19)13(14,15)16/h9-11,19H,3-8H2,1-2H3,(H,17,20)/t9-,10-,11+,22+/m1/s1. The lowest BCUT2D eigenvalue weighted by Gasteiger charge is -2.33. The van der Waals surface area contributed by atoms with Crippen molar-refractivity contribution in [2.75, 3.05) is 19.3 Å². The Hall–Kier alpha value is -0.830. The van der Waals surface area contributed by atoms with Crippen LogP contribution in [0.4, 0.5) is 18.0 Å². The molecule has 1 aliphatic carbocycles. The highest BCUT2D eigenvalue weighted by Crippen LogP contribution is 2.24. The summed E-state index contributed by atoms with van der Waals surface area (Å²) in [6, 6.07) is -0.985. The van der Waals surface area contributed by atoms with Gasteiger partial charge in [-0.15, -0.1) is 0 Å². The normalized spacial score (nSPS) is 25.4. The number of urea groups is 1. The number of halogens is 3. The van der Waals surface area contributed by atoms with E-state index >= 15 is 0 Å². The van der Waals surface area contributed by atoms with Crippen molar-refractivity contribution < 1.29 is 27.3 Å². The molecule has 0 aromatic heterocycles. The second-order valence-electron chi connectivity index (χ2n) is 5.49. The Bertz CT molecular complexity index is 406. The SMILES string of the molecule is CC[S@](=O)[C@@H]1CCCC[C@H]1NC(=O)N(C)C[C@H](O)C(F)(F)F. The molecule has 2 amide bonds. The number of aliphatic hydroxyl groups is 1. The van der Waals surface area contributed by atoms with E-state index in [1.165, 1.54) is 7.05 Å². The van der Waals surface area contributed by atoms with Gasteiger partial charge in [0.15, 0.2) is 6.10 Å². The molecule has 0 saturated heterocycles. The number of nitrogens with zero attached hydrogens (tertiary/aromatic N) is 1. The molecule has 1 fully saturated rings. The smallest absolute Gasteiger partial charge is 0.382 e. The average Bonchev–Trinajstić information content (AvgIpc) is 2.45. The van der Waals surface area contributed by atoms with Crippen LogP contribution >= 0.6 is 0 Å². The summed E-state index contributed by atoms with van der Waals surface area (Å²) >= 11 is 0. The number of likely N-dealkylation sites (N-methyl/N-ethyl adjacent to an activating group) is 1. The highest BCUT2D eigenvalue weighted by molar-refractivity contribution is 7.85. The Morgan fingerprint density at radius 2 is 2.00 bits per heavy atom. The number of rotatable bonds is 5. The fourth-order valence-corrected chi connectivity index (χ4v) is 3.93. The predicted octanol–water partition coefficient (Wildman–Crippen LogP) is 1.63. The van der Waals surface area contributed by atoms with E-state index in [-0.39, 0.29) is 11.3 Å². The van der Waals surface area contributed by atoms with Crippen LogP contribution < -0.4 is 5.32 Å². The summed E-state index contributed by atoms with van der Waals surface area (Å²) in [5.74, 6) is 0.486. The number of alkyl halides is 3. The molecule has 0 unspecified atom stereocenters. The van der Waals surface area contributed by atoms with Crippen molar-refractivity contribution in [1.82, 2.24) is 10.2 Å². The van der Waals surface area contributed by atoms with Crippen LogP contribution in [0.5, 0.6) is 0 Å². The minimum Gasteiger partial charge on any atom is -0.382 e. The molecule has 0 bridgehead atoms. The Morgan fingerprint density at radius 3 is 2.55 bits per heavy atom. The van der Waals surface area contributed by atoms with Crippen molar-refractivity contribution in [1.29, 1.82) is 0 Å². The second-order valence-corrected chi connectivity index (χ2v) is 7.43. The van der Waals surface area contributed by atoms with Gasteiger partial charge in [-0.3, -0.25) is 4.21 Å². The number of aliphatic hydroxyl groups excluding tert-OH is 1. The number of carbonyl (C=O) groups is 1. The Balaban J connectivity index is 2.60. The minimum atomic E-state index is -4.76. The number of amides is 2. The van der Waals surface area contributed by atoms with Crippen molar-refractivity contribution in [2.45, 2.75) is 56.2 Å². The largest absolute Gasteiger partial charge is 0.416 e. The van der Waals surface area contributed by atoms with Gasteiger partial charge in [0.1, 0.15) is 0 Å². The zero-order valence-corrected chi connectivity index (χ0v) is 13.5. The molecule has 0 radical (unpaired) electrons. The molecular weight excluding hydrogens is 321 g/mol. The molecule has 1 saturated carbocycles. The third-order valence-electron chi connectivity index (χ3n) is 3.80. The van der Waals surface area contributed by atoms with Crippen LogP contribution in [-0.4, -0.2) is 63.2 Å². The van der Waals surface area contributed by atoms with E-state index in [1.54, 1.807) is 6.92 Å². The van der Waals surface area contributed by atoms with Crippen molar-refractivity contribution in [2.24, 2.45) is 0 Å². The maximum Gasteiger partial charge on any atom is 0.416 e. The number of hydrogen-bond donors (Lipinski definition) is 2. The maximum absolute atomic E-state index is 12.3. The van der Waals surface area contributed by atoms with Gasteiger partial charge in [0.05, 0.1) is 11.8 Å². The van der Waals surface area contributed by atoms with Crippen LogP contribution in [0.3, 0.4) is 0 Å². The van der Waals surface area contributed by atoms with Crippen LogP contribution in [0.2, 0.25) is 0 Å². The van der Waals surface area contributed by atoms with Crippen LogP contribution in [0.25, 0.3) is 0 Å². The van der Waals surface area contributed by atoms with E-state index in [1.807, 2.05) is 0 Å². The predicted molar refractivity (Wildman–Crippen MR) is 78.0 cm³/mol. The molecule has 4 atom stereocenters. The first kappa shape index (κ1) is 19.2. The van der Waals surface area contributed by atoms with Gasteiger partial charge in [0.25, 0.3) is 0 Å². The van der Waals surface area contributed by atoms with Crippen molar-refractivity contribution >= 4 is 16.8 Å². The third kappa shape index (κ3) is 5.42. The lowest BCUT2D eigenvalue weighted by molar-refractivity contribution is -0.205. The van der Waals surface area contributed by atoms with E-state index < -0.39 is 35.7 Å². The minimum absolute atomic E-state index is 0.163. The molecule has 0 aliphatic heterocycles. The van der Waals surface area contributed by atoms with Crippen LogP contribution in [0.1, 0.15) is 32.6 Å². The second kappa shape index (κ2) is 8.14. The monoisotopic (exact) mass is 344 g/mol. The van der Waals surface area contributed by atoms with E-state index in [0.717, 1.165) is 24.2 Å². The van der Waals surface area contributed by atoms with Gasteiger partial charge in [0.2, 0.25) is 0 Å². The summed E-state index contributed by atoms with van der Waals surface area (Å²) < 4.78 is 48.9. The third-order valence-corrected chi connectivity index (χ3v) is 5.61. The lowest BCUT2D eigenvalue weighted by atomic mass is 9.95. The lowest BCUT2D eigenvalue weighted by Crippen LogP contribution is -2.52.